The Morgan fingerprint density at radius 2 is 2.20 bits per heavy atom. The van der Waals surface area contributed by atoms with E-state index in [1.165, 1.54) is 13.1 Å². The van der Waals surface area contributed by atoms with Crippen molar-refractivity contribution >= 4 is 0 Å². The SMILES string of the molecule is CCc1ccn(C(C)C(C)(F)F)c(=O)n1. The highest BCUT2D eigenvalue weighted by atomic mass is 19.3. The molecule has 0 amide bonds. The molecule has 0 spiro atoms. The van der Waals surface area contributed by atoms with Crippen molar-refractivity contribution in [2.24, 2.45) is 0 Å². The van der Waals surface area contributed by atoms with Crippen LogP contribution < -0.4 is 5.69 Å². The quantitative estimate of drug-likeness (QED) is 0.774. The van der Waals surface area contributed by atoms with Crippen LogP contribution in [0.1, 0.15) is 32.5 Å². The molecule has 84 valence electrons. The van der Waals surface area contributed by atoms with Crippen molar-refractivity contribution in [2.75, 3.05) is 0 Å². The molecule has 0 aliphatic carbocycles. The first-order valence-corrected chi connectivity index (χ1v) is 4.82. The van der Waals surface area contributed by atoms with E-state index in [0.29, 0.717) is 12.1 Å². The van der Waals surface area contributed by atoms with E-state index >= 15 is 0 Å². The molecule has 1 rings (SSSR count). The standard InChI is InChI=1S/C10H14F2N2O/c1-4-8-5-6-14(9(15)13-8)7(2)10(3,11)12/h5-7H,4H2,1-3H3. The van der Waals surface area contributed by atoms with Crippen molar-refractivity contribution in [3.8, 4) is 0 Å². The zero-order chi connectivity index (χ0) is 11.6. The van der Waals surface area contributed by atoms with Crippen LogP contribution >= 0.6 is 0 Å². The van der Waals surface area contributed by atoms with Crippen molar-refractivity contribution in [3.05, 3.63) is 28.4 Å². The van der Waals surface area contributed by atoms with Gasteiger partial charge in [-0.25, -0.2) is 13.6 Å². The lowest BCUT2D eigenvalue weighted by Gasteiger charge is -2.21. The zero-order valence-electron chi connectivity index (χ0n) is 9.00. The summed E-state index contributed by atoms with van der Waals surface area (Å²) in [6.07, 6.45) is 1.99. The van der Waals surface area contributed by atoms with Crippen LogP contribution in [0.4, 0.5) is 8.78 Å². The predicted molar refractivity (Wildman–Crippen MR) is 53.2 cm³/mol. The van der Waals surface area contributed by atoms with E-state index in [1.54, 1.807) is 6.07 Å². The number of alkyl halides is 2. The van der Waals surface area contributed by atoms with Crippen LogP contribution in [0.15, 0.2) is 17.1 Å². The van der Waals surface area contributed by atoms with E-state index in [4.69, 9.17) is 0 Å². The van der Waals surface area contributed by atoms with E-state index in [-0.39, 0.29) is 0 Å². The summed E-state index contributed by atoms with van der Waals surface area (Å²) in [5.41, 5.74) is -0.00811. The van der Waals surface area contributed by atoms with Crippen LogP contribution in [-0.2, 0) is 6.42 Å². The molecular formula is C10H14F2N2O. The zero-order valence-corrected chi connectivity index (χ0v) is 9.00. The Labute approximate surface area is 86.8 Å². The van der Waals surface area contributed by atoms with Gasteiger partial charge < -0.3 is 0 Å². The molecule has 1 atom stereocenters. The maximum absolute atomic E-state index is 13.0. The number of aromatic nitrogens is 2. The van der Waals surface area contributed by atoms with Gasteiger partial charge in [0.25, 0.3) is 5.92 Å². The van der Waals surface area contributed by atoms with E-state index < -0.39 is 17.7 Å². The number of aryl methyl sites for hydroxylation is 1. The van der Waals surface area contributed by atoms with Gasteiger partial charge in [0, 0.05) is 18.8 Å². The van der Waals surface area contributed by atoms with Gasteiger partial charge in [-0.15, -0.1) is 0 Å². The smallest absolute Gasteiger partial charge is 0.290 e. The maximum Gasteiger partial charge on any atom is 0.348 e. The van der Waals surface area contributed by atoms with Crippen molar-refractivity contribution in [3.63, 3.8) is 0 Å². The van der Waals surface area contributed by atoms with Crippen LogP contribution in [-0.4, -0.2) is 15.5 Å². The van der Waals surface area contributed by atoms with Gasteiger partial charge in [0.05, 0.1) is 6.04 Å². The molecule has 5 heteroatoms. The summed E-state index contributed by atoms with van der Waals surface area (Å²) in [4.78, 5) is 15.1. The molecule has 0 bridgehead atoms. The monoisotopic (exact) mass is 216 g/mol. The number of hydrogen-bond acceptors (Lipinski definition) is 2. The highest BCUT2D eigenvalue weighted by Gasteiger charge is 2.32. The largest absolute Gasteiger partial charge is 0.348 e. The Morgan fingerprint density at radius 1 is 1.60 bits per heavy atom. The number of hydrogen-bond donors (Lipinski definition) is 0. The van der Waals surface area contributed by atoms with E-state index in [9.17, 15) is 13.6 Å². The van der Waals surface area contributed by atoms with Gasteiger partial charge in [-0.3, -0.25) is 4.57 Å². The Morgan fingerprint density at radius 3 is 2.60 bits per heavy atom. The molecular weight excluding hydrogens is 202 g/mol. The van der Waals surface area contributed by atoms with E-state index in [0.717, 1.165) is 11.5 Å². The molecule has 1 aromatic heterocycles. The Bertz CT molecular complexity index is 395. The summed E-state index contributed by atoms with van der Waals surface area (Å²) in [7, 11) is 0. The molecule has 0 N–H and O–H groups in total. The van der Waals surface area contributed by atoms with Crippen molar-refractivity contribution in [1.82, 2.24) is 9.55 Å². The fourth-order valence-electron chi connectivity index (χ4n) is 1.18. The molecule has 15 heavy (non-hydrogen) atoms. The van der Waals surface area contributed by atoms with Crippen LogP contribution in [0.5, 0.6) is 0 Å². The first-order valence-electron chi connectivity index (χ1n) is 4.82. The fourth-order valence-corrected chi connectivity index (χ4v) is 1.18. The maximum atomic E-state index is 13.0. The van der Waals surface area contributed by atoms with E-state index in [2.05, 4.69) is 4.98 Å². The molecule has 0 fully saturated rings. The van der Waals surface area contributed by atoms with Crippen LogP contribution in [0.2, 0.25) is 0 Å². The van der Waals surface area contributed by atoms with Crippen molar-refractivity contribution < 1.29 is 8.78 Å². The second kappa shape index (κ2) is 4.08. The van der Waals surface area contributed by atoms with E-state index in [1.807, 2.05) is 6.92 Å². The minimum atomic E-state index is -2.93. The van der Waals surface area contributed by atoms with Crippen LogP contribution in [0.25, 0.3) is 0 Å². The normalized spacial score (nSPS) is 13.9. The summed E-state index contributed by atoms with van der Waals surface area (Å²) < 4.78 is 26.9. The molecule has 0 aromatic carbocycles. The third kappa shape index (κ3) is 2.61. The topological polar surface area (TPSA) is 34.9 Å². The molecule has 0 saturated carbocycles. The molecule has 3 nitrogen and oxygen atoms in total. The van der Waals surface area contributed by atoms with Gasteiger partial charge in [0.15, 0.2) is 0 Å². The number of rotatable bonds is 3. The summed E-state index contributed by atoms with van der Waals surface area (Å²) in [5, 5.41) is 0. The first-order chi connectivity index (χ1) is 6.86. The Balaban J connectivity index is 3.12. The second-order valence-corrected chi connectivity index (χ2v) is 3.59. The fraction of sp³-hybridized carbons (Fsp3) is 0.600. The predicted octanol–water partition coefficient (Wildman–Crippen LogP) is 2.02. The summed E-state index contributed by atoms with van der Waals surface area (Å²) in [6.45, 7) is 3.94. The molecule has 1 aromatic rings. The Hall–Kier alpha value is -1.26. The average Bonchev–Trinajstić information content (AvgIpc) is 2.15. The Kier molecular flexibility index (Phi) is 3.21. The third-order valence-electron chi connectivity index (χ3n) is 2.40. The summed E-state index contributed by atoms with van der Waals surface area (Å²) in [6, 6.07) is 0.410. The van der Waals surface area contributed by atoms with Gasteiger partial charge >= 0.3 is 5.69 Å². The average molecular weight is 216 g/mol. The van der Waals surface area contributed by atoms with Gasteiger partial charge in [-0.2, -0.15) is 4.98 Å². The van der Waals surface area contributed by atoms with Crippen LogP contribution in [0, 0.1) is 0 Å². The first kappa shape index (κ1) is 11.8. The van der Waals surface area contributed by atoms with Gasteiger partial charge in [0.2, 0.25) is 0 Å². The minimum absolute atomic E-state index is 0.614. The summed E-state index contributed by atoms with van der Waals surface area (Å²) in [5.74, 6) is -2.93. The minimum Gasteiger partial charge on any atom is -0.290 e. The summed E-state index contributed by atoms with van der Waals surface area (Å²) >= 11 is 0. The second-order valence-electron chi connectivity index (χ2n) is 3.59. The highest BCUT2D eigenvalue weighted by Crippen LogP contribution is 2.26. The van der Waals surface area contributed by atoms with Gasteiger partial charge in [0.1, 0.15) is 0 Å². The lowest BCUT2D eigenvalue weighted by molar-refractivity contribution is -0.0275. The molecule has 0 aliphatic rings. The third-order valence-corrected chi connectivity index (χ3v) is 2.40. The van der Waals surface area contributed by atoms with Crippen molar-refractivity contribution in [1.29, 1.82) is 0 Å². The molecule has 0 aliphatic heterocycles. The molecule has 1 unspecified atom stereocenters. The number of nitrogens with zero attached hydrogens (tertiary/aromatic N) is 2. The molecule has 0 saturated heterocycles. The molecule has 1 heterocycles. The lowest BCUT2D eigenvalue weighted by Crippen LogP contribution is -2.34. The van der Waals surface area contributed by atoms with Gasteiger partial charge in [-0.1, -0.05) is 6.92 Å². The lowest BCUT2D eigenvalue weighted by atomic mass is 10.2. The van der Waals surface area contributed by atoms with Gasteiger partial charge in [-0.05, 0) is 19.4 Å². The molecule has 0 radical (unpaired) electrons. The van der Waals surface area contributed by atoms with Crippen LogP contribution in [0.3, 0.4) is 0 Å². The highest BCUT2D eigenvalue weighted by molar-refractivity contribution is 5.00. The number of halogens is 2. The van der Waals surface area contributed by atoms with Crippen molar-refractivity contribution in [2.45, 2.75) is 39.2 Å².